The molecule has 0 saturated carbocycles. The van der Waals surface area contributed by atoms with Crippen LogP contribution in [-0.2, 0) is 37.3 Å². The fourth-order valence-electron chi connectivity index (χ4n) is 10.5. The molecule has 72 heavy (non-hydrogen) atoms. The zero-order valence-electron chi connectivity index (χ0n) is 51.1. The van der Waals surface area contributed by atoms with E-state index in [1.807, 2.05) is 97.2 Å². The minimum Gasteiger partial charge on any atom is -0.510 e. The Morgan fingerprint density at radius 1 is 0.625 bits per heavy atom. The molecule has 3 aromatic heterocycles. The first-order chi connectivity index (χ1) is 38.5. The van der Waals surface area contributed by atoms with Crippen molar-refractivity contribution in [3.63, 3.8) is 0 Å². The topological polar surface area (TPSA) is 35.9 Å². The number of pyridine rings is 1. The second-order valence-electron chi connectivity index (χ2n) is 20.8. The Hall–Kier alpha value is -7.33. The van der Waals surface area contributed by atoms with Crippen LogP contribution in [-0.4, -0.2) is 14.1 Å². The fraction of sp³-hybridized carbons (Fsp3) is 0.182. The molecule has 1 aliphatic rings. The third-order valence-electron chi connectivity index (χ3n) is 14.2. The Balaban J connectivity index is 0.00000705. The molecule has 0 saturated heterocycles. The van der Waals surface area contributed by atoms with Crippen molar-refractivity contribution in [3.05, 3.63) is 223 Å². The standard InChI is InChI=1S/C66H56N4O.Pt/c1-64(2,3)47-34-37-67-61(40-47)70-57-29-15-14-26-52(57)53-33-32-50(42-60(53)70)71-49-25-18-24-48(41-49)68-43-69(59-31-17-16-30-58(59)68)63-54(44-20-10-8-11-21-44)38-46(39-55(63)45-22-12-9-13-23-45)51-27-19-28-56-62(51)66(6,7)36-35-65(56,4)5;/h8-34,37-40H,35-36H2,1-7H3;/q-2;/i8D,9D,10D,11D,12D,13D,20D,21D,22D,23D;. The van der Waals surface area contributed by atoms with Gasteiger partial charge in [0.15, 0.2) is 0 Å². The van der Waals surface area contributed by atoms with Gasteiger partial charge in [0, 0.05) is 44.3 Å². The van der Waals surface area contributed by atoms with Crippen LogP contribution in [0.2, 0.25) is 0 Å². The normalized spacial score (nSPS) is 16.0. The quantitative estimate of drug-likeness (QED) is 0.112. The summed E-state index contributed by atoms with van der Waals surface area (Å²) in [6, 6.07) is 40.6. The SMILES string of the molecule is [2H]c1c([2H])c([2H])c(-c2cc(-c3cccc4c3C(C)(C)CCC4(C)C)cc(-c3c([2H])c([2H])c([2H])c([2H])c3[2H])c2-[n+]2[c-]n(-c3[c-]c(Oc4[c-]c5c(cc4)c4ccccc4n5-c4cc(C(C)(C)C)ccn4)ccc3)c3ccccc32)c([2H])c1[2H].[Pt]. The van der Waals surface area contributed by atoms with Crippen LogP contribution in [0.1, 0.15) is 91.7 Å². The Kier molecular flexibility index (Phi) is 9.17. The van der Waals surface area contributed by atoms with Crippen molar-refractivity contribution in [1.29, 1.82) is 0 Å². The molecule has 0 fully saturated rings. The smallest absolute Gasteiger partial charge is 0.268 e. The van der Waals surface area contributed by atoms with E-state index in [9.17, 15) is 5.48 Å². The molecular formula is C66H56N4OPt-2. The Bertz CT molecular complexity index is 4310. The Morgan fingerprint density at radius 3 is 2.00 bits per heavy atom. The van der Waals surface area contributed by atoms with E-state index < -0.39 is 60.4 Å². The fourth-order valence-corrected chi connectivity index (χ4v) is 10.5. The van der Waals surface area contributed by atoms with Gasteiger partial charge in [-0.15, -0.1) is 29.7 Å². The molecule has 0 amide bonds. The third-order valence-corrected chi connectivity index (χ3v) is 14.2. The Labute approximate surface area is 451 Å². The van der Waals surface area contributed by atoms with E-state index in [4.69, 9.17) is 17.9 Å². The molecule has 0 N–H and O–H groups in total. The molecule has 5 nitrogen and oxygen atoms in total. The molecule has 0 atom stereocenters. The number of imidazole rings is 1. The number of para-hydroxylation sites is 3. The first-order valence-corrected chi connectivity index (χ1v) is 24.0. The van der Waals surface area contributed by atoms with Crippen molar-refractivity contribution >= 4 is 32.8 Å². The molecule has 358 valence electrons. The van der Waals surface area contributed by atoms with Crippen LogP contribution in [0, 0.1) is 18.5 Å². The second kappa shape index (κ2) is 18.1. The average Bonchev–Trinajstić information content (AvgIpc) is 1.90. The van der Waals surface area contributed by atoms with Gasteiger partial charge in [-0.05, 0) is 121 Å². The second-order valence-corrected chi connectivity index (χ2v) is 20.8. The van der Waals surface area contributed by atoms with Crippen LogP contribution < -0.4 is 9.30 Å². The van der Waals surface area contributed by atoms with Crippen molar-refractivity contribution in [2.75, 3.05) is 0 Å². The van der Waals surface area contributed by atoms with Crippen LogP contribution in [0.3, 0.4) is 0 Å². The summed E-state index contributed by atoms with van der Waals surface area (Å²) in [5.74, 6) is 1.55. The molecule has 8 aromatic carbocycles. The molecule has 11 aromatic rings. The predicted molar refractivity (Wildman–Crippen MR) is 290 cm³/mol. The largest absolute Gasteiger partial charge is 0.510 e. The zero-order chi connectivity index (χ0) is 57.4. The van der Waals surface area contributed by atoms with Crippen LogP contribution in [0.25, 0.3) is 83.4 Å². The summed E-state index contributed by atoms with van der Waals surface area (Å²) in [5.41, 5.74) is 7.68. The number of nitrogens with zero attached hydrogens (tertiary/aromatic N) is 4. The number of hydrogen-bond acceptors (Lipinski definition) is 2. The van der Waals surface area contributed by atoms with Crippen molar-refractivity contribution in [3.8, 4) is 62.1 Å². The molecule has 12 rings (SSSR count). The number of ether oxygens (including phenoxy) is 1. The average molecular weight is 1130 g/mol. The minimum atomic E-state index is -0.574. The van der Waals surface area contributed by atoms with Crippen molar-refractivity contribution in [2.45, 2.75) is 77.6 Å². The molecule has 6 heteroatoms. The summed E-state index contributed by atoms with van der Waals surface area (Å²) >= 11 is 0. The first kappa shape index (κ1) is 36.6. The number of benzene rings is 8. The van der Waals surface area contributed by atoms with E-state index in [-0.39, 0.29) is 65.3 Å². The molecule has 0 bridgehead atoms. The van der Waals surface area contributed by atoms with Crippen LogP contribution in [0.5, 0.6) is 11.5 Å². The first-order valence-electron chi connectivity index (χ1n) is 29.0. The minimum absolute atomic E-state index is 0. The number of hydrogen-bond donors (Lipinski definition) is 0. The zero-order valence-corrected chi connectivity index (χ0v) is 43.3. The van der Waals surface area contributed by atoms with Gasteiger partial charge in [-0.3, -0.25) is 4.57 Å². The van der Waals surface area contributed by atoms with Gasteiger partial charge in [0.25, 0.3) is 6.33 Å². The predicted octanol–water partition coefficient (Wildman–Crippen LogP) is 16.2. The molecular weight excluding hydrogens is 1060 g/mol. The summed E-state index contributed by atoms with van der Waals surface area (Å²) in [7, 11) is 0. The van der Waals surface area contributed by atoms with Gasteiger partial charge in [-0.1, -0.05) is 175 Å². The van der Waals surface area contributed by atoms with Crippen molar-refractivity contribution in [2.24, 2.45) is 0 Å². The van der Waals surface area contributed by atoms with E-state index in [1.54, 1.807) is 15.2 Å². The molecule has 0 spiro atoms. The van der Waals surface area contributed by atoms with Crippen molar-refractivity contribution < 1.29 is 44.1 Å². The van der Waals surface area contributed by atoms with E-state index in [2.05, 4.69) is 95.8 Å². The number of fused-ring (bicyclic) bond motifs is 5. The van der Waals surface area contributed by atoms with Gasteiger partial charge < -0.3 is 13.9 Å². The van der Waals surface area contributed by atoms with Crippen molar-refractivity contribution in [1.82, 2.24) is 14.1 Å². The van der Waals surface area contributed by atoms with Crippen LogP contribution in [0.4, 0.5) is 0 Å². The number of rotatable bonds is 8. The monoisotopic (exact) mass is 1130 g/mol. The maximum atomic E-state index is 9.53. The molecule has 0 unspecified atom stereocenters. The summed E-state index contributed by atoms with van der Waals surface area (Å²) in [4.78, 5) is 4.83. The number of aromatic nitrogens is 4. The summed E-state index contributed by atoms with van der Waals surface area (Å²) < 4.78 is 104. The van der Waals surface area contributed by atoms with Gasteiger partial charge in [0.2, 0.25) is 0 Å². The molecule has 0 aliphatic heterocycles. The summed E-state index contributed by atoms with van der Waals surface area (Å²) in [6.07, 6.45) is 7.17. The summed E-state index contributed by atoms with van der Waals surface area (Å²) in [6.45, 7) is 15.4. The summed E-state index contributed by atoms with van der Waals surface area (Å²) in [5, 5.41) is 2.02. The van der Waals surface area contributed by atoms with Gasteiger partial charge in [-0.2, -0.15) is 18.2 Å². The molecule has 3 heterocycles. The van der Waals surface area contributed by atoms with E-state index >= 15 is 0 Å². The van der Waals surface area contributed by atoms with Crippen LogP contribution >= 0.6 is 0 Å². The van der Waals surface area contributed by atoms with Crippen LogP contribution in [0.15, 0.2) is 188 Å². The Morgan fingerprint density at radius 2 is 1.28 bits per heavy atom. The maximum absolute atomic E-state index is 9.53. The van der Waals surface area contributed by atoms with Gasteiger partial charge >= 0.3 is 0 Å². The third kappa shape index (κ3) is 8.18. The van der Waals surface area contributed by atoms with E-state index in [1.165, 1.54) is 0 Å². The van der Waals surface area contributed by atoms with Gasteiger partial charge in [0.1, 0.15) is 5.82 Å². The molecule has 1 aliphatic carbocycles. The van der Waals surface area contributed by atoms with Gasteiger partial charge in [-0.25, -0.2) is 4.98 Å². The maximum Gasteiger partial charge on any atom is 0.268 e. The van der Waals surface area contributed by atoms with Gasteiger partial charge in [0.05, 0.1) is 30.4 Å². The molecule has 0 radical (unpaired) electrons. The van der Waals surface area contributed by atoms with E-state index in [0.29, 0.717) is 33.8 Å². The van der Waals surface area contributed by atoms with E-state index in [0.717, 1.165) is 62.7 Å².